The van der Waals surface area contributed by atoms with E-state index < -0.39 is 0 Å². The smallest absolute Gasteiger partial charge is 0.228 e. The molecule has 3 heteroatoms. The van der Waals surface area contributed by atoms with Crippen LogP contribution in [-0.4, -0.2) is 5.91 Å². The van der Waals surface area contributed by atoms with E-state index in [1.165, 1.54) is 0 Å². The number of anilines is 1. The Morgan fingerprint density at radius 1 is 1.16 bits per heavy atom. The van der Waals surface area contributed by atoms with Crippen molar-refractivity contribution < 1.29 is 4.79 Å². The third-order valence-electron chi connectivity index (χ3n) is 3.00. The summed E-state index contributed by atoms with van der Waals surface area (Å²) in [6, 6.07) is 13.4. The van der Waals surface area contributed by atoms with Crippen molar-refractivity contribution in [3.8, 4) is 0 Å². The van der Waals surface area contributed by atoms with Gasteiger partial charge in [0, 0.05) is 0 Å². The highest BCUT2D eigenvalue weighted by Gasteiger charge is 2.08. The van der Waals surface area contributed by atoms with Gasteiger partial charge >= 0.3 is 0 Å². The first-order valence-electron chi connectivity index (χ1n) is 6.17. The van der Waals surface area contributed by atoms with Crippen LogP contribution in [0.1, 0.15) is 16.7 Å². The van der Waals surface area contributed by atoms with Gasteiger partial charge in [-0.25, -0.2) is 0 Å². The lowest BCUT2D eigenvalue weighted by Gasteiger charge is -2.09. The van der Waals surface area contributed by atoms with Crippen molar-refractivity contribution in [2.75, 3.05) is 5.32 Å². The highest BCUT2D eigenvalue weighted by Crippen LogP contribution is 2.21. The van der Waals surface area contributed by atoms with Gasteiger partial charge in [0.15, 0.2) is 0 Å². The zero-order valence-corrected chi connectivity index (χ0v) is 11.8. The van der Waals surface area contributed by atoms with E-state index >= 15 is 0 Å². The summed E-state index contributed by atoms with van der Waals surface area (Å²) in [5, 5.41) is 3.39. The number of carbonyl (C=O) groups excluding carboxylic acids is 1. The molecule has 2 aromatic carbocycles. The molecule has 0 aliphatic heterocycles. The van der Waals surface area contributed by atoms with E-state index in [2.05, 4.69) is 5.32 Å². The molecule has 0 aliphatic carbocycles. The molecule has 2 rings (SSSR count). The Morgan fingerprint density at radius 3 is 2.63 bits per heavy atom. The van der Waals surface area contributed by atoms with Crippen molar-refractivity contribution in [1.29, 1.82) is 0 Å². The summed E-state index contributed by atoms with van der Waals surface area (Å²) in [5.41, 5.74) is 3.98. The first-order valence-corrected chi connectivity index (χ1v) is 6.54. The van der Waals surface area contributed by atoms with Gasteiger partial charge in [-0.15, -0.1) is 0 Å². The number of halogens is 1. The summed E-state index contributed by atoms with van der Waals surface area (Å²) >= 11 is 6.01. The molecule has 0 atom stereocenters. The van der Waals surface area contributed by atoms with Crippen LogP contribution >= 0.6 is 11.6 Å². The molecule has 0 aromatic heterocycles. The summed E-state index contributed by atoms with van der Waals surface area (Å²) in [5.74, 6) is -0.0539. The van der Waals surface area contributed by atoms with Crippen molar-refractivity contribution in [1.82, 2.24) is 0 Å². The fourth-order valence-corrected chi connectivity index (χ4v) is 2.10. The molecule has 0 radical (unpaired) electrons. The van der Waals surface area contributed by atoms with Crippen LogP contribution in [0.5, 0.6) is 0 Å². The van der Waals surface area contributed by atoms with Crippen LogP contribution in [0.3, 0.4) is 0 Å². The van der Waals surface area contributed by atoms with E-state index in [1.54, 1.807) is 12.1 Å². The highest BCUT2D eigenvalue weighted by molar-refractivity contribution is 6.33. The Kier molecular flexibility index (Phi) is 4.23. The monoisotopic (exact) mass is 273 g/mol. The van der Waals surface area contributed by atoms with Crippen LogP contribution in [0.2, 0.25) is 5.02 Å². The minimum atomic E-state index is -0.0539. The normalized spacial score (nSPS) is 10.3. The molecular formula is C16H16ClNO. The summed E-state index contributed by atoms with van der Waals surface area (Å²) in [6.07, 6.45) is 0.360. The van der Waals surface area contributed by atoms with Gasteiger partial charge in [0.1, 0.15) is 0 Å². The van der Waals surface area contributed by atoms with Gasteiger partial charge in [0.2, 0.25) is 5.91 Å². The number of amides is 1. The van der Waals surface area contributed by atoms with Crippen molar-refractivity contribution >= 4 is 23.2 Å². The molecule has 19 heavy (non-hydrogen) atoms. The molecule has 0 heterocycles. The van der Waals surface area contributed by atoms with Gasteiger partial charge in [-0.1, -0.05) is 47.5 Å². The van der Waals surface area contributed by atoms with Gasteiger partial charge in [0.05, 0.1) is 17.1 Å². The third kappa shape index (κ3) is 3.58. The Morgan fingerprint density at radius 2 is 1.89 bits per heavy atom. The first-order chi connectivity index (χ1) is 9.06. The molecule has 2 aromatic rings. The molecule has 0 aliphatic rings. The van der Waals surface area contributed by atoms with Crippen LogP contribution in [0.15, 0.2) is 42.5 Å². The lowest BCUT2D eigenvalue weighted by molar-refractivity contribution is -0.115. The van der Waals surface area contributed by atoms with Crippen LogP contribution in [0.4, 0.5) is 5.69 Å². The Labute approximate surface area is 118 Å². The molecule has 0 spiro atoms. The molecule has 0 bridgehead atoms. The average molecular weight is 274 g/mol. The molecule has 2 nitrogen and oxygen atoms in total. The Bertz CT molecular complexity index is 607. The van der Waals surface area contributed by atoms with Gasteiger partial charge in [0.25, 0.3) is 0 Å². The SMILES string of the molecule is Cc1ccc(C)c(CC(=O)Nc2ccccc2Cl)c1. The van der Waals surface area contributed by atoms with E-state index in [0.717, 1.165) is 16.7 Å². The number of hydrogen-bond acceptors (Lipinski definition) is 1. The summed E-state index contributed by atoms with van der Waals surface area (Å²) in [6.45, 7) is 4.03. The first kappa shape index (κ1) is 13.6. The maximum Gasteiger partial charge on any atom is 0.228 e. The summed E-state index contributed by atoms with van der Waals surface area (Å²) in [4.78, 5) is 12.0. The molecule has 1 amide bonds. The van der Waals surface area contributed by atoms with E-state index in [4.69, 9.17) is 11.6 Å². The fraction of sp³-hybridized carbons (Fsp3) is 0.188. The van der Waals surface area contributed by atoms with E-state index in [0.29, 0.717) is 17.1 Å². The molecule has 0 saturated heterocycles. The number of benzene rings is 2. The average Bonchev–Trinajstić information content (AvgIpc) is 2.37. The van der Waals surface area contributed by atoms with Crippen LogP contribution in [-0.2, 0) is 11.2 Å². The van der Waals surface area contributed by atoms with Crippen molar-refractivity contribution in [2.24, 2.45) is 0 Å². The predicted octanol–water partition coefficient (Wildman–Crippen LogP) is 4.14. The van der Waals surface area contributed by atoms with Gasteiger partial charge in [-0.05, 0) is 37.1 Å². The lowest BCUT2D eigenvalue weighted by Crippen LogP contribution is -2.15. The maximum absolute atomic E-state index is 12.0. The maximum atomic E-state index is 12.0. The van der Waals surface area contributed by atoms with Gasteiger partial charge in [-0.3, -0.25) is 4.79 Å². The van der Waals surface area contributed by atoms with Crippen molar-refractivity contribution in [3.05, 3.63) is 64.2 Å². The zero-order valence-electron chi connectivity index (χ0n) is 11.0. The highest BCUT2D eigenvalue weighted by atomic mass is 35.5. The third-order valence-corrected chi connectivity index (χ3v) is 3.33. The number of para-hydroxylation sites is 1. The molecule has 0 fully saturated rings. The number of rotatable bonds is 3. The van der Waals surface area contributed by atoms with Crippen LogP contribution < -0.4 is 5.32 Å². The van der Waals surface area contributed by atoms with Gasteiger partial charge in [-0.2, -0.15) is 0 Å². The minimum absolute atomic E-state index is 0.0539. The largest absolute Gasteiger partial charge is 0.324 e. The minimum Gasteiger partial charge on any atom is -0.324 e. The quantitative estimate of drug-likeness (QED) is 0.895. The molecule has 0 unspecified atom stereocenters. The van der Waals surface area contributed by atoms with E-state index in [1.807, 2.05) is 44.2 Å². The number of aryl methyl sites for hydroxylation is 2. The fourth-order valence-electron chi connectivity index (χ4n) is 1.92. The number of carbonyl (C=O) groups is 1. The van der Waals surface area contributed by atoms with Gasteiger partial charge < -0.3 is 5.32 Å². The Hall–Kier alpha value is -1.80. The lowest BCUT2D eigenvalue weighted by atomic mass is 10.0. The molecule has 0 saturated carbocycles. The zero-order chi connectivity index (χ0) is 13.8. The van der Waals surface area contributed by atoms with Crippen molar-refractivity contribution in [2.45, 2.75) is 20.3 Å². The van der Waals surface area contributed by atoms with Crippen molar-refractivity contribution in [3.63, 3.8) is 0 Å². The number of hydrogen-bond donors (Lipinski definition) is 1. The summed E-state index contributed by atoms with van der Waals surface area (Å²) in [7, 11) is 0. The second kappa shape index (κ2) is 5.89. The topological polar surface area (TPSA) is 29.1 Å². The molecule has 1 N–H and O–H groups in total. The predicted molar refractivity (Wildman–Crippen MR) is 79.7 cm³/mol. The van der Waals surface area contributed by atoms with Crippen LogP contribution in [0, 0.1) is 13.8 Å². The molecule has 98 valence electrons. The second-order valence-corrected chi connectivity index (χ2v) is 5.04. The van der Waals surface area contributed by atoms with E-state index in [9.17, 15) is 4.79 Å². The Balaban J connectivity index is 2.10. The number of nitrogens with one attached hydrogen (secondary N) is 1. The van der Waals surface area contributed by atoms with Crippen LogP contribution in [0.25, 0.3) is 0 Å². The molecular weight excluding hydrogens is 258 g/mol. The van der Waals surface area contributed by atoms with E-state index in [-0.39, 0.29) is 5.91 Å². The summed E-state index contributed by atoms with van der Waals surface area (Å²) < 4.78 is 0. The second-order valence-electron chi connectivity index (χ2n) is 4.63. The standard InChI is InChI=1S/C16H16ClNO/c1-11-7-8-12(2)13(9-11)10-16(19)18-15-6-4-3-5-14(15)17/h3-9H,10H2,1-2H3,(H,18,19).